The maximum Gasteiger partial charge on any atom is 0.226 e. The number of nitrogens with one attached hydrogen (secondary N) is 1. The Morgan fingerprint density at radius 1 is 1.14 bits per heavy atom. The van der Waals surface area contributed by atoms with E-state index < -0.39 is 0 Å². The van der Waals surface area contributed by atoms with Crippen molar-refractivity contribution in [3.05, 3.63) is 35.9 Å². The van der Waals surface area contributed by atoms with Crippen LogP contribution >= 0.6 is 0 Å². The molecule has 3 heteroatoms. The Hall–Kier alpha value is -1.35. The molecule has 114 valence electrons. The Balaban J connectivity index is 1.56. The molecule has 0 aromatic heterocycles. The van der Waals surface area contributed by atoms with Crippen molar-refractivity contribution in [3.8, 4) is 0 Å². The largest absolute Gasteiger partial charge is 0.339 e. The van der Waals surface area contributed by atoms with Gasteiger partial charge in [-0.25, -0.2) is 0 Å². The number of carbonyl (C=O) groups excluding carboxylic acids is 1. The highest BCUT2D eigenvalue weighted by molar-refractivity contribution is 5.79. The summed E-state index contributed by atoms with van der Waals surface area (Å²) in [5.74, 6) is 0.690. The van der Waals surface area contributed by atoms with Gasteiger partial charge >= 0.3 is 0 Å². The number of hydrogen-bond donors (Lipinski definition) is 1. The van der Waals surface area contributed by atoms with Crippen LogP contribution in [0.4, 0.5) is 0 Å². The van der Waals surface area contributed by atoms with Crippen LogP contribution in [0.25, 0.3) is 0 Å². The first kappa shape index (κ1) is 14.6. The summed E-state index contributed by atoms with van der Waals surface area (Å²) in [6, 6.07) is 11.1. The van der Waals surface area contributed by atoms with Crippen LogP contribution in [-0.2, 0) is 11.2 Å². The van der Waals surface area contributed by atoms with Crippen molar-refractivity contribution in [3.63, 3.8) is 0 Å². The van der Waals surface area contributed by atoms with Gasteiger partial charge in [-0.2, -0.15) is 0 Å². The Bertz CT molecular complexity index is 454. The fourth-order valence-corrected chi connectivity index (χ4v) is 3.71. The summed E-state index contributed by atoms with van der Waals surface area (Å²) in [5.41, 5.74) is 1.39. The maximum atomic E-state index is 12.7. The number of rotatable bonds is 4. The standard InChI is InChI=1S/C18H26N2O/c21-18(16-10-12-19-13-11-16)20-14-4-7-17(20)9-8-15-5-2-1-3-6-15/h1-3,5-6,16-17,19H,4,7-14H2. The van der Waals surface area contributed by atoms with Crippen molar-refractivity contribution in [1.82, 2.24) is 10.2 Å². The molecular formula is C18H26N2O. The zero-order chi connectivity index (χ0) is 14.5. The van der Waals surface area contributed by atoms with Gasteiger partial charge in [0.15, 0.2) is 0 Å². The van der Waals surface area contributed by atoms with E-state index in [2.05, 4.69) is 40.5 Å². The molecule has 2 saturated heterocycles. The molecule has 3 nitrogen and oxygen atoms in total. The number of benzene rings is 1. The second kappa shape index (κ2) is 7.08. The topological polar surface area (TPSA) is 32.3 Å². The summed E-state index contributed by atoms with van der Waals surface area (Å²) in [7, 11) is 0. The molecule has 2 heterocycles. The van der Waals surface area contributed by atoms with Crippen LogP contribution in [0.3, 0.4) is 0 Å². The van der Waals surface area contributed by atoms with E-state index in [1.54, 1.807) is 0 Å². The SMILES string of the molecule is O=C(C1CCNCC1)N1CCCC1CCc1ccccc1. The number of amides is 1. The second-order valence-corrected chi connectivity index (χ2v) is 6.38. The van der Waals surface area contributed by atoms with E-state index in [1.165, 1.54) is 18.4 Å². The Morgan fingerprint density at radius 2 is 1.90 bits per heavy atom. The van der Waals surface area contributed by atoms with Crippen LogP contribution in [0.15, 0.2) is 30.3 Å². The molecule has 1 amide bonds. The van der Waals surface area contributed by atoms with Crippen LogP contribution in [0, 0.1) is 5.92 Å². The molecule has 0 saturated carbocycles. The summed E-state index contributed by atoms with van der Waals surface area (Å²) in [5, 5.41) is 3.35. The van der Waals surface area contributed by atoms with Crippen LogP contribution in [-0.4, -0.2) is 36.5 Å². The lowest BCUT2D eigenvalue weighted by molar-refractivity contribution is -0.137. The molecule has 0 radical (unpaired) electrons. The van der Waals surface area contributed by atoms with Gasteiger partial charge in [-0.3, -0.25) is 4.79 Å². The second-order valence-electron chi connectivity index (χ2n) is 6.38. The molecule has 3 rings (SSSR count). The third-order valence-electron chi connectivity index (χ3n) is 4.96. The Labute approximate surface area is 127 Å². The molecule has 2 fully saturated rings. The van der Waals surface area contributed by atoms with Gasteiger partial charge in [-0.05, 0) is 57.2 Å². The fraction of sp³-hybridized carbons (Fsp3) is 0.611. The summed E-state index contributed by atoms with van der Waals surface area (Å²) in [6.07, 6.45) is 6.59. The van der Waals surface area contributed by atoms with Crippen molar-refractivity contribution < 1.29 is 4.79 Å². The van der Waals surface area contributed by atoms with Gasteiger partial charge in [0.2, 0.25) is 5.91 Å². The maximum absolute atomic E-state index is 12.7. The van der Waals surface area contributed by atoms with Crippen LogP contribution in [0.2, 0.25) is 0 Å². The van der Waals surface area contributed by atoms with Crippen molar-refractivity contribution in [2.75, 3.05) is 19.6 Å². The van der Waals surface area contributed by atoms with Crippen LogP contribution in [0.1, 0.15) is 37.7 Å². The molecule has 21 heavy (non-hydrogen) atoms. The molecule has 2 aliphatic rings. The molecule has 0 aliphatic carbocycles. The monoisotopic (exact) mass is 286 g/mol. The van der Waals surface area contributed by atoms with Crippen molar-refractivity contribution in [2.24, 2.45) is 5.92 Å². The zero-order valence-electron chi connectivity index (χ0n) is 12.8. The van der Waals surface area contributed by atoms with Gasteiger partial charge < -0.3 is 10.2 Å². The van der Waals surface area contributed by atoms with Crippen molar-refractivity contribution in [2.45, 2.75) is 44.6 Å². The van der Waals surface area contributed by atoms with E-state index >= 15 is 0 Å². The summed E-state index contributed by atoms with van der Waals surface area (Å²) < 4.78 is 0. The minimum Gasteiger partial charge on any atom is -0.339 e. The number of nitrogens with zero attached hydrogens (tertiary/aromatic N) is 1. The highest BCUT2D eigenvalue weighted by Crippen LogP contribution is 2.26. The molecule has 1 N–H and O–H groups in total. The number of likely N-dealkylation sites (tertiary alicyclic amines) is 1. The predicted molar refractivity (Wildman–Crippen MR) is 85.1 cm³/mol. The molecule has 2 aliphatic heterocycles. The molecule has 1 aromatic carbocycles. The van der Waals surface area contributed by atoms with Crippen LogP contribution in [0.5, 0.6) is 0 Å². The third kappa shape index (κ3) is 3.65. The highest BCUT2D eigenvalue weighted by Gasteiger charge is 2.33. The van der Waals surface area contributed by atoms with E-state index in [9.17, 15) is 4.79 Å². The third-order valence-corrected chi connectivity index (χ3v) is 4.96. The summed E-state index contributed by atoms with van der Waals surface area (Å²) in [6.45, 7) is 2.97. The van der Waals surface area contributed by atoms with E-state index in [4.69, 9.17) is 0 Å². The Morgan fingerprint density at radius 3 is 2.67 bits per heavy atom. The quantitative estimate of drug-likeness (QED) is 0.923. The lowest BCUT2D eigenvalue weighted by Crippen LogP contribution is -2.43. The smallest absolute Gasteiger partial charge is 0.226 e. The first-order chi connectivity index (χ1) is 10.3. The average molecular weight is 286 g/mol. The van der Waals surface area contributed by atoms with E-state index in [0.29, 0.717) is 11.9 Å². The molecule has 1 unspecified atom stereocenters. The average Bonchev–Trinajstić information content (AvgIpc) is 3.02. The predicted octanol–water partition coefficient (Wildman–Crippen LogP) is 2.61. The van der Waals surface area contributed by atoms with E-state index in [-0.39, 0.29) is 5.92 Å². The van der Waals surface area contributed by atoms with Gasteiger partial charge in [0.1, 0.15) is 0 Å². The van der Waals surface area contributed by atoms with Gasteiger partial charge in [0.25, 0.3) is 0 Å². The highest BCUT2D eigenvalue weighted by atomic mass is 16.2. The molecule has 0 bridgehead atoms. The Kier molecular flexibility index (Phi) is 4.91. The molecule has 0 spiro atoms. The number of piperidine rings is 1. The van der Waals surface area contributed by atoms with E-state index in [1.807, 2.05) is 0 Å². The van der Waals surface area contributed by atoms with Gasteiger partial charge in [0, 0.05) is 18.5 Å². The lowest BCUT2D eigenvalue weighted by atomic mass is 9.95. The van der Waals surface area contributed by atoms with Gasteiger partial charge in [-0.1, -0.05) is 30.3 Å². The van der Waals surface area contributed by atoms with Gasteiger partial charge in [0.05, 0.1) is 0 Å². The molecule has 1 atom stereocenters. The molecule has 1 aromatic rings. The van der Waals surface area contributed by atoms with E-state index in [0.717, 1.165) is 45.3 Å². The normalized spacial score (nSPS) is 23.4. The first-order valence-electron chi connectivity index (χ1n) is 8.40. The number of hydrogen-bond acceptors (Lipinski definition) is 2. The fourth-order valence-electron chi connectivity index (χ4n) is 3.71. The summed E-state index contributed by atoms with van der Waals surface area (Å²) >= 11 is 0. The zero-order valence-corrected chi connectivity index (χ0v) is 12.8. The van der Waals surface area contributed by atoms with Crippen LogP contribution < -0.4 is 5.32 Å². The number of aryl methyl sites for hydroxylation is 1. The first-order valence-corrected chi connectivity index (χ1v) is 8.40. The summed E-state index contributed by atoms with van der Waals surface area (Å²) in [4.78, 5) is 14.9. The number of carbonyl (C=O) groups is 1. The van der Waals surface area contributed by atoms with Gasteiger partial charge in [-0.15, -0.1) is 0 Å². The minimum absolute atomic E-state index is 0.267. The van der Waals surface area contributed by atoms with Crippen molar-refractivity contribution in [1.29, 1.82) is 0 Å². The molecular weight excluding hydrogens is 260 g/mol. The minimum atomic E-state index is 0.267. The lowest BCUT2D eigenvalue weighted by Gasteiger charge is -2.31. The van der Waals surface area contributed by atoms with Crippen molar-refractivity contribution >= 4 is 5.91 Å².